The first kappa shape index (κ1) is 20.4. The van der Waals surface area contributed by atoms with Crippen LogP contribution in [0.1, 0.15) is 33.9 Å². The molecule has 1 amide bonds. The first-order valence-corrected chi connectivity index (χ1v) is 10.7. The van der Waals surface area contributed by atoms with Crippen LogP contribution in [-0.4, -0.2) is 16.9 Å². The lowest BCUT2D eigenvalue weighted by Crippen LogP contribution is -2.13. The number of nitrogens with zero attached hydrogens (tertiary/aromatic N) is 1. The van der Waals surface area contributed by atoms with Gasteiger partial charge in [0, 0.05) is 22.0 Å². The third-order valence-corrected chi connectivity index (χ3v) is 5.59. The van der Waals surface area contributed by atoms with Crippen molar-refractivity contribution in [3.8, 4) is 5.75 Å². The van der Waals surface area contributed by atoms with Gasteiger partial charge in [0.05, 0.1) is 11.3 Å². The molecule has 6 nitrogen and oxygen atoms in total. The van der Waals surface area contributed by atoms with E-state index in [1.807, 2.05) is 5.38 Å². The number of anilines is 1. The summed E-state index contributed by atoms with van der Waals surface area (Å²) in [7, 11) is 0. The van der Waals surface area contributed by atoms with Crippen LogP contribution in [0.2, 0.25) is 5.02 Å². The number of hydrogen-bond acceptors (Lipinski definition) is 6. The fourth-order valence-electron chi connectivity index (χ4n) is 2.66. The molecule has 0 bridgehead atoms. The average molecular weight is 443 g/mol. The van der Waals surface area contributed by atoms with Crippen LogP contribution in [0, 0.1) is 5.92 Å². The summed E-state index contributed by atoms with van der Waals surface area (Å²) in [6, 6.07) is 13.8. The van der Waals surface area contributed by atoms with Gasteiger partial charge in [-0.3, -0.25) is 4.79 Å². The van der Waals surface area contributed by atoms with E-state index in [4.69, 9.17) is 21.1 Å². The number of carbonyl (C=O) groups is 2. The summed E-state index contributed by atoms with van der Waals surface area (Å²) in [5, 5.41) is 6.11. The van der Waals surface area contributed by atoms with Gasteiger partial charge in [-0.2, -0.15) is 0 Å². The Kier molecular flexibility index (Phi) is 6.30. The molecule has 1 saturated carbocycles. The van der Waals surface area contributed by atoms with Crippen molar-refractivity contribution in [2.24, 2.45) is 5.92 Å². The number of amides is 1. The van der Waals surface area contributed by atoms with Gasteiger partial charge in [0.25, 0.3) is 0 Å². The first-order chi connectivity index (χ1) is 14.6. The molecule has 30 heavy (non-hydrogen) atoms. The Hall–Kier alpha value is -2.90. The van der Waals surface area contributed by atoms with E-state index in [2.05, 4.69) is 10.3 Å². The summed E-state index contributed by atoms with van der Waals surface area (Å²) < 4.78 is 11.0. The number of ether oxygens (including phenoxy) is 2. The Morgan fingerprint density at radius 3 is 2.50 bits per heavy atom. The Morgan fingerprint density at radius 2 is 1.80 bits per heavy atom. The van der Waals surface area contributed by atoms with Crippen molar-refractivity contribution in [2.75, 3.05) is 5.32 Å². The number of esters is 1. The van der Waals surface area contributed by atoms with Gasteiger partial charge >= 0.3 is 5.97 Å². The molecule has 0 unspecified atom stereocenters. The van der Waals surface area contributed by atoms with Gasteiger partial charge in [-0.05, 0) is 61.4 Å². The van der Waals surface area contributed by atoms with Crippen LogP contribution in [0.25, 0.3) is 0 Å². The van der Waals surface area contributed by atoms with Crippen LogP contribution in [0.4, 0.5) is 5.69 Å². The van der Waals surface area contributed by atoms with E-state index in [0.29, 0.717) is 34.3 Å². The number of rotatable bonds is 8. The molecule has 1 aromatic heterocycles. The van der Waals surface area contributed by atoms with Crippen LogP contribution in [-0.2, 0) is 22.7 Å². The standard InChI is InChI=1S/C22H19ClN2O4S/c23-16-5-9-19(10-6-16)28-12-20-24-18(13-30-20)11-29-22(27)15-3-7-17(8-4-15)25-21(26)14-1-2-14/h3-10,13-14H,1-2,11-12H2,(H,25,26). The highest BCUT2D eigenvalue weighted by Crippen LogP contribution is 2.30. The zero-order chi connectivity index (χ0) is 20.9. The van der Waals surface area contributed by atoms with E-state index in [0.717, 1.165) is 17.8 Å². The van der Waals surface area contributed by atoms with Crippen molar-refractivity contribution in [1.82, 2.24) is 4.98 Å². The Balaban J connectivity index is 1.24. The maximum atomic E-state index is 12.2. The molecule has 0 atom stereocenters. The van der Waals surface area contributed by atoms with Gasteiger partial charge in [-0.15, -0.1) is 11.3 Å². The zero-order valence-corrected chi connectivity index (χ0v) is 17.5. The SMILES string of the molecule is O=C(OCc1csc(COc2ccc(Cl)cc2)n1)c1ccc(NC(=O)C2CC2)cc1. The van der Waals surface area contributed by atoms with Crippen molar-refractivity contribution >= 4 is 40.5 Å². The number of nitrogens with one attached hydrogen (secondary N) is 1. The maximum absolute atomic E-state index is 12.2. The molecule has 1 N–H and O–H groups in total. The Labute approximate surface area is 182 Å². The summed E-state index contributed by atoms with van der Waals surface area (Å²) in [6.45, 7) is 0.407. The van der Waals surface area contributed by atoms with Gasteiger partial charge in [0.2, 0.25) is 5.91 Å². The second-order valence-corrected chi connectivity index (χ2v) is 8.27. The molecule has 1 heterocycles. The average Bonchev–Trinajstić information content (AvgIpc) is 3.52. The smallest absolute Gasteiger partial charge is 0.338 e. The lowest BCUT2D eigenvalue weighted by atomic mass is 10.2. The normalized spacial score (nSPS) is 13.0. The number of hydrogen-bond donors (Lipinski definition) is 1. The van der Waals surface area contributed by atoms with Gasteiger partial charge in [-0.25, -0.2) is 9.78 Å². The van der Waals surface area contributed by atoms with E-state index in [1.165, 1.54) is 11.3 Å². The molecule has 154 valence electrons. The summed E-state index contributed by atoms with van der Waals surface area (Å²) in [5.41, 5.74) is 1.76. The lowest BCUT2D eigenvalue weighted by molar-refractivity contribution is -0.117. The molecule has 1 aliphatic carbocycles. The van der Waals surface area contributed by atoms with Crippen molar-refractivity contribution < 1.29 is 19.1 Å². The zero-order valence-electron chi connectivity index (χ0n) is 16.0. The predicted octanol–water partition coefficient (Wildman–Crippen LogP) is 5.08. The van der Waals surface area contributed by atoms with E-state index in [9.17, 15) is 9.59 Å². The highest BCUT2D eigenvalue weighted by Gasteiger charge is 2.29. The van der Waals surface area contributed by atoms with Gasteiger partial charge in [0.15, 0.2) is 0 Å². The lowest BCUT2D eigenvalue weighted by Gasteiger charge is -2.06. The van der Waals surface area contributed by atoms with Crippen molar-refractivity contribution in [1.29, 1.82) is 0 Å². The minimum absolute atomic E-state index is 0.0321. The first-order valence-electron chi connectivity index (χ1n) is 9.46. The molecular formula is C22H19ClN2O4S. The van der Waals surface area contributed by atoms with Crippen LogP contribution in [0.3, 0.4) is 0 Å². The molecule has 0 saturated heterocycles. The summed E-state index contributed by atoms with van der Waals surface area (Å²) in [4.78, 5) is 28.4. The fourth-order valence-corrected chi connectivity index (χ4v) is 3.48. The molecular weight excluding hydrogens is 424 g/mol. The summed E-state index contributed by atoms with van der Waals surface area (Å²) in [6.07, 6.45) is 1.89. The van der Waals surface area contributed by atoms with Crippen molar-refractivity contribution in [2.45, 2.75) is 26.1 Å². The molecule has 0 radical (unpaired) electrons. The van der Waals surface area contributed by atoms with Crippen molar-refractivity contribution in [3.63, 3.8) is 0 Å². The minimum atomic E-state index is -0.443. The predicted molar refractivity (Wildman–Crippen MR) is 115 cm³/mol. The molecule has 2 aromatic carbocycles. The van der Waals surface area contributed by atoms with E-state index in [-0.39, 0.29) is 18.4 Å². The molecule has 0 aliphatic heterocycles. The monoisotopic (exact) mass is 442 g/mol. The summed E-state index contributed by atoms with van der Waals surface area (Å²) in [5.74, 6) is 0.431. The highest BCUT2D eigenvalue weighted by molar-refractivity contribution is 7.09. The van der Waals surface area contributed by atoms with Crippen LogP contribution < -0.4 is 10.1 Å². The third-order valence-electron chi connectivity index (χ3n) is 4.46. The Bertz CT molecular complexity index is 1030. The van der Waals surface area contributed by atoms with E-state index < -0.39 is 5.97 Å². The molecule has 8 heteroatoms. The number of benzene rings is 2. The van der Waals surface area contributed by atoms with E-state index >= 15 is 0 Å². The second kappa shape index (κ2) is 9.28. The molecule has 3 aromatic rings. The fraction of sp³-hybridized carbons (Fsp3) is 0.227. The van der Waals surface area contributed by atoms with E-state index in [1.54, 1.807) is 48.5 Å². The largest absolute Gasteiger partial charge is 0.486 e. The maximum Gasteiger partial charge on any atom is 0.338 e. The number of halogens is 1. The Morgan fingerprint density at radius 1 is 1.07 bits per heavy atom. The van der Waals surface area contributed by atoms with Crippen LogP contribution >= 0.6 is 22.9 Å². The molecule has 1 fully saturated rings. The third kappa shape index (κ3) is 5.58. The highest BCUT2D eigenvalue weighted by atomic mass is 35.5. The molecule has 0 spiro atoms. The second-order valence-electron chi connectivity index (χ2n) is 6.89. The van der Waals surface area contributed by atoms with Gasteiger partial charge in [-0.1, -0.05) is 11.6 Å². The minimum Gasteiger partial charge on any atom is -0.486 e. The number of thiazole rings is 1. The molecule has 4 rings (SSSR count). The van der Waals surface area contributed by atoms with Gasteiger partial charge in [0.1, 0.15) is 24.0 Å². The quantitative estimate of drug-likeness (QED) is 0.492. The molecule has 1 aliphatic rings. The van der Waals surface area contributed by atoms with Crippen LogP contribution in [0.5, 0.6) is 5.75 Å². The topological polar surface area (TPSA) is 77.5 Å². The number of carbonyl (C=O) groups excluding carboxylic acids is 2. The van der Waals surface area contributed by atoms with Crippen molar-refractivity contribution in [3.05, 3.63) is 75.2 Å². The van der Waals surface area contributed by atoms with Crippen LogP contribution in [0.15, 0.2) is 53.9 Å². The number of aromatic nitrogens is 1. The van der Waals surface area contributed by atoms with Gasteiger partial charge < -0.3 is 14.8 Å². The summed E-state index contributed by atoms with van der Waals surface area (Å²) >= 11 is 7.29.